The molecule has 0 atom stereocenters. The van der Waals surface area contributed by atoms with Crippen LogP contribution in [0.15, 0.2) is 35.9 Å². The van der Waals surface area contributed by atoms with Gasteiger partial charge in [-0.3, -0.25) is 4.79 Å². The van der Waals surface area contributed by atoms with E-state index in [1.54, 1.807) is 12.1 Å². The van der Waals surface area contributed by atoms with Crippen molar-refractivity contribution in [2.24, 2.45) is 0 Å². The molecule has 0 saturated heterocycles. The third kappa shape index (κ3) is 4.94. The van der Waals surface area contributed by atoms with Crippen LogP contribution in [0.4, 0.5) is 4.39 Å². The molecule has 0 heterocycles. The van der Waals surface area contributed by atoms with E-state index in [0.29, 0.717) is 17.9 Å². The van der Waals surface area contributed by atoms with Gasteiger partial charge in [0.1, 0.15) is 5.82 Å². The van der Waals surface area contributed by atoms with Gasteiger partial charge in [0.2, 0.25) is 5.91 Å². The van der Waals surface area contributed by atoms with Crippen molar-refractivity contribution in [3.8, 4) is 0 Å². The van der Waals surface area contributed by atoms with Crippen LogP contribution in [0.25, 0.3) is 0 Å². The van der Waals surface area contributed by atoms with Crippen molar-refractivity contribution < 1.29 is 9.18 Å². The van der Waals surface area contributed by atoms with Crippen LogP contribution in [0, 0.1) is 5.82 Å². The first-order valence-electron chi connectivity index (χ1n) is 4.92. The zero-order valence-corrected chi connectivity index (χ0v) is 9.56. The molecule has 0 fully saturated rings. The summed E-state index contributed by atoms with van der Waals surface area (Å²) >= 11 is 5.51. The van der Waals surface area contributed by atoms with Gasteiger partial charge in [-0.1, -0.05) is 30.3 Å². The van der Waals surface area contributed by atoms with Crippen molar-refractivity contribution in [3.63, 3.8) is 0 Å². The number of benzene rings is 1. The molecule has 1 aromatic carbocycles. The number of hydrogen-bond acceptors (Lipinski definition) is 1. The highest BCUT2D eigenvalue weighted by molar-refractivity contribution is 6.29. The number of carbonyl (C=O) groups excluding carboxylic acids is 1. The summed E-state index contributed by atoms with van der Waals surface area (Å²) in [6.45, 7) is 3.75. The van der Waals surface area contributed by atoms with Crippen LogP contribution in [0.3, 0.4) is 0 Å². The number of halogens is 2. The van der Waals surface area contributed by atoms with Gasteiger partial charge in [0.05, 0.1) is 6.54 Å². The quantitative estimate of drug-likeness (QED) is 0.844. The monoisotopic (exact) mass is 241 g/mol. The van der Waals surface area contributed by atoms with E-state index in [2.05, 4.69) is 11.9 Å². The molecule has 0 aromatic heterocycles. The number of hydrogen-bond donors (Lipinski definition) is 1. The Morgan fingerprint density at radius 2 is 2.00 bits per heavy atom. The fourth-order valence-electron chi connectivity index (χ4n) is 1.19. The van der Waals surface area contributed by atoms with E-state index < -0.39 is 0 Å². The first-order chi connectivity index (χ1) is 7.58. The normalized spacial score (nSPS) is 9.88. The predicted molar refractivity (Wildman–Crippen MR) is 62.7 cm³/mol. The molecule has 16 heavy (non-hydrogen) atoms. The minimum Gasteiger partial charge on any atom is -0.351 e. The highest BCUT2D eigenvalue weighted by Gasteiger charge is 2.02. The van der Waals surface area contributed by atoms with Crippen LogP contribution in [0.5, 0.6) is 0 Å². The molecule has 4 heteroatoms. The van der Waals surface area contributed by atoms with E-state index in [4.69, 9.17) is 11.6 Å². The first-order valence-corrected chi connectivity index (χ1v) is 5.30. The molecule has 0 aliphatic heterocycles. The Morgan fingerprint density at radius 3 is 2.56 bits per heavy atom. The molecule has 2 nitrogen and oxygen atoms in total. The highest BCUT2D eigenvalue weighted by atomic mass is 35.5. The summed E-state index contributed by atoms with van der Waals surface area (Å²) in [4.78, 5) is 11.3. The second-order valence-electron chi connectivity index (χ2n) is 3.42. The van der Waals surface area contributed by atoms with Crippen molar-refractivity contribution >= 4 is 17.5 Å². The standard InChI is InChI=1S/C12H13ClFNO/c1-9(13)8-15-12(16)7-4-10-2-5-11(14)6-3-10/h2-3,5-6H,1,4,7-8H2,(H,15,16). The molecule has 0 radical (unpaired) electrons. The van der Waals surface area contributed by atoms with E-state index in [1.807, 2.05) is 0 Å². The summed E-state index contributed by atoms with van der Waals surface area (Å²) in [5, 5.41) is 3.02. The second kappa shape index (κ2) is 6.28. The van der Waals surface area contributed by atoms with Gasteiger partial charge in [-0.05, 0) is 24.1 Å². The van der Waals surface area contributed by atoms with Crippen molar-refractivity contribution in [3.05, 3.63) is 47.3 Å². The fourth-order valence-corrected chi connectivity index (χ4v) is 1.26. The topological polar surface area (TPSA) is 29.1 Å². The molecular formula is C12H13ClFNO. The van der Waals surface area contributed by atoms with Gasteiger partial charge < -0.3 is 5.32 Å². The Bertz CT molecular complexity index is 375. The molecule has 86 valence electrons. The maximum absolute atomic E-state index is 12.6. The smallest absolute Gasteiger partial charge is 0.220 e. The minimum atomic E-state index is -0.272. The zero-order valence-electron chi connectivity index (χ0n) is 8.80. The SMILES string of the molecule is C=C(Cl)CNC(=O)CCc1ccc(F)cc1. The van der Waals surface area contributed by atoms with Crippen LogP contribution in [0.2, 0.25) is 0 Å². The Labute approximate surface area is 99.1 Å². The maximum atomic E-state index is 12.6. The molecule has 1 aromatic rings. The molecule has 0 saturated carbocycles. The average molecular weight is 242 g/mol. The number of nitrogens with one attached hydrogen (secondary N) is 1. The van der Waals surface area contributed by atoms with Crippen LogP contribution in [-0.4, -0.2) is 12.5 Å². The Hall–Kier alpha value is -1.35. The van der Waals surface area contributed by atoms with Gasteiger partial charge in [0.15, 0.2) is 0 Å². The predicted octanol–water partition coefficient (Wildman–Crippen LogP) is 2.63. The lowest BCUT2D eigenvalue weighted by Gasteiger charge is -2.03. The van der Waals surface area contributed by atoms with E-state index in [0.717, 1.165) is 5.56 Å². The summed E-state index contributed by atoms with van der Waals surface area (Å²) in [5.41, 5.74) is 0.932. The first kappa shape index (κ1) is 12.7. The van der Waals surface area contributed by atoms with Gasteiger partial charge in [0.25, 0.3) is 0 Å². The van der Waals surface area contributed by atoms with Gasteiger partial charge >= 0.3 is 0 Å². The van der Waals surface area contributed by atoms with E-state index >= 15 is 0 Å². The molecular weight excluding hydrogens is 229 g/mol. The lowest BCUT2D eigenvalue weighted by atomic mass is 10.1. The third-order valence-electron chi connectivity index (χ3n) is 2.03. The summed E-state index contributed by atoms with van der Waals surface area (Å²) in [7, 11) is 0. The van der Waals surface area contributed by atoms with Crippen molar-refractivity contribution in [2.75, 3.05) is 6.54 Å². The van der Waals surface area contributed by atoms with Gasteiger partial charge in [-0.15, -0.1) is 0 Å². The van der Waals surface area contributed by atoms with E-state index in [9.17, 15) is 9.18 Å². The van der Waals surface area contributed by atoms with Crippen molar-refractivity contribution in [2.45, 2.75) is 12.8 Å². The Morgan fingerprint density at radius 1 is 1.38 bits per heavy atom. The number of carbonyl (C=O) groups is 1. The van der Waals surface area contributed by atoms with Crippen LogP contribution < -0.4 is 5.32 Å². The molecule has 1 N–H and O–H groups in total. The molecule has 0 unspecified atom stereocenters. The lowest BCUT2D eigenvalue weighted by molar-refractivity contribution is -0.120. The third-order valence-corrected chi connectivity index (χ3v) is 2.16. The lowest BCUT2D eigenvalue weighted by Crippen LogP contribution is -2.24. The fraction of sp³-hybridized carbons (Fsp3) is 0.250. The Balaban J connectivity index is 2.31. The van der Waals surface area contributed by atoms with Gasteiger partial charge in [-0.2, -0.15) is 0 Å². The molecule has 0 bridgehead atoms. The summed E-state index contributed by atoms with van der Waals surface area (Å²) in [6.07, 6.45) is 0.941. The van der Waals surface area contributed by atoms with Crippen LogP contribution in [0.1, 0.15) is 12.0 Å². The molecule has 0 spiro atoms. The summed E-state index contributed by atoms with van der Waals surface area (Å²) in [6, 6.07) is 6.11. The summed E-state index contributed by atoms with van der Waals surface area (Å²) < 4.78 is 12.6. The molecule has 1 rings (SSSR count). The van der Waals surface area contributed by atoms with E-state index in [-0.39, 0.29) is 18.3 Å². The van der Waals surface area contributed by atoms with Crippen LogP contribution >= 0.6 is 11.6 Å². The summed E-state index contributed by atoms with van der Waals surface area (Å²) in [5.74, 6) is -0.363. The second-order valence-corrected chi connectivity index (χ2v) is 3.95. The number of amides is 1. The zero-order chi connectivity index (χ0) is 12.0. The average Bonchev–Trinajstić information content (AvgIpc) is 2.25. The highest BCUT2D eigenvalue weighted by Crippen LogP contribution is 2.05. The van der Waals surface area contributed by atoms with Crippen molar-refractivity contribution in [1.29, 1.82) is 0 Å². The Kier molecular flexibility index (Phi) is 4.99. The minimum absolute atomic E-state index is 0.0916. The molecule has 1 amide bonds. The number of rotatable bonds is 5. The molecule has 0 aliphatic carbocycles. The van der Waals surface area contributed by atoms with Crippen LogP contribution in [-0.2, 0) is 11.2 Å². The molecule has 0 aliphatic rings. The van der Waals surface area contributed by atoms with Gasteiger partial charge in [0, 0.05) is 11.5 Å². The number of aryl methyl sites for hydroxylation is 1. The van der Waals surface area contributed by atoms with E-state index in [1.165, 1.54) is 12.1 Å². The maximum Gasteiger partial charge on any atom is 0.220 e. The van der Waals surface area contributed by atoms with Gasteiger partial charge in [-0.25, -0.2) is 4.39 Å². The largest absolute Gasteiger partial charge is 0.351 e. The van der Waals surface area contributed by atoms with Crippen molar-refractivity contribution in [1.82, 2.24) is 5.32 Å².